The van der Waals surface area contributed by atoms with E-state index in [0.29, 0.717) is 12.1 Å². The maximum Gasteiger partial charge on any atom is 0.178 e. The van der Waals surface area contributed by atoms with Crippen LogP contribution in [0.15, 0.2) is 17.0 Å². The fourth-order valence-electron chi connectivity index (χ4n) is 0.937. The molecule has 0 saturated heterocycles. The van der Waals surface area contributed by atoms with Gasteiger partial charge in [0.2, 0.25) is 0 Å². The van der Waals surface area contributed by atoms with Gasteiger partial charge in [-0.15, -0.1) is 0 Å². The Balaban J connectivity index is 3.52. The molecule has 0 amide bonds. The van der Waals surface area contributed by atoms with Crippen molar-refractivity contribution in [2.45, 2.75) is 4.90 Å². The van der Waals surface area contributed by atoms with E-state index in [4.69, 9.17) is 5.11 Å². The van der Waals surface area contributed by atoms with Gasteiger partial charge in [-0.2, -0.15) is 0 Å². The molecule has 1 aromatic rings. The lowest BCUT2D eigenvalue weighted by Gasteiger charge is -2.03. The lowest BCUT2D eigenvalue weighted by atomic mass is 10.2. The minimum Gasteiger partial charge on any atom is -0.507 e. The molecule has 0 aliphatic carbocycles. The molecule has 0 aliphatic rings. The average molecular weight is 218 g/mol. The largest absolute Gasteiger partial charge is 0.507 e. The molecule has 1 aromatic carbocycles. The first-order chi connectivity index (χ1) is 6.36. The molecule has 14 heavy (non-hydrogen) atoms. The molecule has 0 saturated carbocycles. The Kier molecular flexibility index (Phi) is 2.57. The molecule has 0 heterocycles. The second-order valence-electron chi connectivity index (χ2n) is 2.73. The fraction of sp³-hybridized carbons (Fsp3) is 0.125. The van der Waals surface area contributed by atoms with Crippen molar-refractivity contribution in [1.29, 1.82) is 0 Å². The van der Waals surface area contributed by atoms with E-state index in [0.717, 1.165) is 6.26 Å². The number of aromatic hydroxyl groups is 1. The van der Waals surface area contributed by atoms with Crippen molar-refractivity contribution in [3.8, 4) is 5.75 Å². The molecule has 76 valence electrons. The van der Waals surface area contributed by atoms with Gasteiger partial charge in [0.05, 0.1) is 5.56 Å². The maximum absolute atomic E-state index is 13.1. The van der Waals surface area contributed by atoms with Crippen LogP contribution in [0.3, 0.4) is 0 Å². The van der Waals surface area contributed by atoms with Crippen LogP contribution in [-0.4, -0.2) is 26.1 Å². The van der Waals surface area contributed by atoms with Gasteiger partial charge in [0.15, 0.2) is 16.1 Å². The van der Waals surface area contributed by atoms with Gasteiger partial charge in [-0.3, -0.25) is 4.79 Å². The highest BCUT2D eigenvalue weighted by atomic mass is 32.2. The average Bonchev–Trinajstić information content (AvgIpc) is 2.06. The smallest absolute Gasteiger partial charge is 0.178 e. The predicted molar refractivity (Wildman–Crippen MR) is 46.6 cm³/mol. The Hall–Kier alpha value is -1.43. The molecule has 0 radical (unpaired) electrons. The van der Waals surface area contributed by atoms with E-state index < -0.39 is 26.3 Å². The SMILES string of the molecule is CS(=O)(=O)c1cc(O)c(C=O)cc1F. The molecule has 6 heteroatoms. The first-order valence-corrected chi connectivity index (χ1v) is 5.43. The molecule has 0 spiro atoms. The zero-order valence-electron chi connectivity index (χ0n) is 7.19. The van der Waals surface area contributed by atoms with Gasteiger partial charge in [-0.1, -0.05) is 0 Å². The van der Waals surface area contributed by atoms with E-state index in [9.17, 15) is 17.6 Å². The van der Waals surface area contributed by atoms with Crippen molar-refractivity contribution in [2.75, 3.05) is 6.26 Å². The number of phenolic OH excluding ortho intramolecular Hbond substituents is 1. The molecule has 0 atom stereocenters. The van der Waals surface area contributed by atoms with Crippen LogP contribution in [0.25, 0.3) is 0 Å². The molecule has 0 fully saturated rings. The molecule has 0 aliphatic heterocycles. The Morgan fingerprint density at radius 2 is 2.00 bits per heavy atom. The second-order valence-corrected chi connectivity index (χ2v) is 4.72. The van der Waals surface area contributed by atoms with Crippen molar-refractivity contribution in [2.24, 2.45) is 0 Å². The van der Waals surface area contributed by atoms with Crippen molar-refractivity contribution < 1.29 is 22.7 Å². The molecule has 4 nitrogen and oxygen atoms in total. The lowest BCUT2D eigenvalue weighted by molar-refractivity contribution is 0.112. The van der Waals surface area contributed by atoms with E-state index in [1.165, 1.54) is 0 Å². The van der Waals surface area contributed by atoms with Crippen molar-refractivity contribution >= 4 is 16.1 Å². The number of hydrogen-bond donors (Lipinski definition) is 1. The van der Waals surface area contributed by atoms with Crippen LogP contribution in [0, 0.1) is 5.82 Å². The second kappa shape index (κ2) is 3.38. The molecular formula is C8H7FO4S. The monoisotopic (exact) mass is 218 g/mol. The molecule has 1 N–H and O–H groups in total. The van der Waals surface area contributed by atoms with Gasteiger partial charge in [-0.25, -0.2) is 12.8 Å². The third kappa shape index (κ3) is 1.90. The van der Waals surface area contributed by atoms with Crippen LogP contribution in [0.4, 0.5) is 4.39 Å². The van der Waals surface area contributed by atoms with Crippen LogP contribution in [0.2, 0.25) is 0 Å². The highest BCUT2D eigenvalue weighted by Crippen LogP contribution is 2.23. The Labute approximate surface area is 79.9 Å². The third-order valence-corrected chi connectivity index (χ3v) is 2.72. The zero-order chi connectivity index (χ0) is 10.9. The van der Waals surface area contributed by atoms with Crippen molar-refractivity contribution in [3.63, 3.8) is 0 Å². The number of hydrogen-bond acceptors (Lipinski definition) is 4. The number of aldehydes is 1. The van der Waals surface area contributed by atoms with E-state index >= 15 is 0 Å². The van der Waals surface area contributed by atoms with E-state index in [1.807, 2.05) is 0 Å². The van der Waals surface area contributed by atoms with Crippen LogP contribution in [-0.2, 0) is 9.84 Å². The summed E-state index contributed by atoms with van der Waals surface area (Å²) in [5.41, 5.74) is -0.282. The fourth-order valence-corrected chi connectivity index (χ4v) is 1.68. The number of sulfone groups is 1. The van der Waals surface area contributed by atoms with Crippen LogP contribution >= 0.6 is 0 Å². The highest BCUT2D eigenvalue weighted by molar-refractivity contribution is 7.90. The van der Waals surface area contributed by atoms with E-state index in [-0.39, 0.29) is 11.8 Å². The van der Waals surface area contributed by atoms with E-state index in [1.54, 1.807) is 0 Å². The van der Waals surface area contributed by atoms with Crippen LogP contribution < -0.4 is 0 Å². The summed E-state index contributed by atoms with van der Waals surface area (Å²) in [5.74, 6) is -1.60. The molecular weight excluding hydrogens is 211 g/mol. The molecule has 0 bridgehead atoms. The quantitative estimate of drug-likeness (QED) is 0.743. The topological polar surface area (TPSA) is 71.4 Å². The number of carbonyl (C=O) groups is 1. The Morgan fingerprint density at radius 1 is 1.43 bits per heavy atom. The summed E-state index contributed by atoms with van der Waals surface area (Å²) in [6.07, 6.45) is 1.05. The molecule has 0 aromatic heterocycles. The maximum atomic E-state index is 13.1. The van der Waals surface area contributed by atoms with Crippen molar-refractivity contribution in [3.05, 3.63) is 23.5 Å². The van der Waals surface area contributed by atoms with Gasteiger partial charge in [0.25, 0.3) is 0 Å². The number of phenols is 1. The summed E-state index contributed by atoms with van der Waals surface area (Å²) in [6.45, 7) is 0. The first-order valence-electron chi connectivity index (χ1n) is 3.54. The summed E-state index contributed by atoms with van der Waals surface area (Å²) in [5, 5.41) is 9.12. The normalized spacial score (nSPS) is 11.3. The van der Waals surface area contributed by atoms with Gasteiger partial charge >= 0.3 is 0 Å². The first kappa shape index (κ1) is 10.6. The van der Waals surface area contributed by atoms with Gasteiger partial charge in [0, 0.05) is 12.3 Å². The standard InChI is InChI=1S/C8H7FO4S/c1-14(12,13)8-3-7(11)5(4-10)2-6(8)9/h2-4,11H,1H3. The number of carbonyl (C=O) groups excluding carboxylic acids is 1. The Bertz CT molecular complexity index is 478. The molecule has 0 unspecified atom stereocenters. The summed E-state index contributed by atoms with van der Waals surface area (Å²) < 4.78 is 35.0. The number of rotatable bonds is 2. The van der Waals surface area contributed by atoms with Crippen LogP contribution in [0.5, 0.6) is 5.75 Å². The third-order valence-electron chi connectivity index (χ3n) is 1.61. The summed E-state index contributed by atoms with van der Waals surface area (Å²) in [4.78, 5) is 9.64. The minimum atomic E-state index is -3.73. The van der Waals surface area contributed by atoms with Crippen LogP contribution in [0.1, 0.15) is 10.4 Å². The number of halogens is 1. The summed E-state index contributed by atoms with van der Waals surface area (Å²) in [6, 6.07) is 1.40. The number of benzene rings is 1. The van der Waals surface area contributed by atoms with Gasteiger partial charge < -0.3 is 5.11 Å². The van der Waals surface area contributed by atoms with Crippen molar-refractivity contribution in [1.82, 2.24) is 0 Å². The highest BCUT2D eigenvalue weighted by Gasteiger charge is 2.16. The molecule has 1 rings (SSSR count). The summed E-state index contributed by atoms with van der Waals surface area (Å²) in [7, 11) is -3.73. The Morgan fingerprint density at radius 3 is 2.43 bits per heavy atom. The minimum absolute atomic E-state index is 0.241. The summed E-state index contributed by atoms with van der Waals surface area (Å²) >= 11 is 0. The predicted octanol–water partition coefficient (Wildman–Crippen LogP) is 0.747. The van der Waals surface area contributed by atoms with E-state index in [2.05, 4.69) is 0 Å². The zero-order valence-corrected chi connectivity index (χ0v) is 8.01. The lowest BCUT2D eigenvalue weighted by Crippen LogP contribution is -2.01. The van der Waals surface area contributed by atoms with Gasteiger partial charge in [-0.05, 0) is 6.07 Å². The van der Waals surface area contributed by atoms with Gasteiger partial charge in [0.1, 0.15) is 16.5 Å².